The quantitative estimate of drug-likeness (QED) is 0.726. The molecule has 0 N–H and O–H groups in total. The van der Waals surface area contributed by atoms with Crippen LogP contribution in [0.3, 0.4) is 0 Å². The highest BCUT2D eigenvalue weighted by Gasteiger charge is 2.07. The van der Waals surface area contributed by atoms with Crippen LogP contribution in [-0.2, 0) is 6.42 Å². The van der Waals surface area contributed by atoms with Crippen molar-refractivity contribution in [3.8, 4) is 5.75 Å². The van der Waals surface area contributed by atoms with Crippen LogP contribution in [0.5, 0.6) is 5.75 Å². The van der Waals surface area contributed by atoms with Crippen molar-refractivity contribution in [2.24, 2.45) is 0 Å². The van der Waals surface area contributed by atoms with Gasteiger partial charge in [-0.3, -0.25) is 0 Å². The highest BCUT2D eigenvalue weighted by molar-refractivity contribution is 5.88. The van der Waals surface area contributed by atoms with Crippen molar-refractivity contribution < 1.29 is 4.74 Å². The minimum Gasteiger partial charge on any atom is -0.496 e. The van der Waals surface area contributed by atoms with E-state index in [1.54, 1.807) is 7.11 Å². The van der Waals surface area contributed by atoms with Crippen LogP contribution >= 0.6 is 0 Å². The fourth-order valence-electron chi connectivity index (χ4n) is 2.19. The lowest BCUT2D eigenvalue weighted by Gasteiger charge is -2.11. The first-order valence-corrected chi connectivity index (χ1v) is 6.82. The Labute approximate surface area is 111 Å². The molecule has 0 spiro atoms. The summed E-state index contributed by atoms with van der Waals surface area (Å²) in [5.41, 5.74) is 2.64. The standard InChI is InChI=1S/C15H18O.C2H6/c1-4-5-14-13-8-6-11(2)10-12(13)7-9-15(14)16-3;1-2/h6-10H,4-5H2,1-3H3;1-2H3. The summed E-state index contributed by atoms with van der Waals surface area (Å²) in [7, 11) is 1.74. The normalized spacial score (nSPS) is 9.83. The molecule has 0 aliphatic carbocycles. The topological polar surface area (TPSA) is 9.23 Å². The first kappa shape index (κ1) is 14.6. The van der Waals surface area contributed by atoms with Crippen molar-refractivity contribution >= 4 is 10.8 Å². The summed E-state index contributed by atoms with van der Waals surface area (Å²) in [4.78, 5) is 0. The van der Waals surface area contributed by atoms with Gasteiger partial charge in [0.15, 0.2) is 0 Å². The molecule has 2 aromatic rings. The lowest BCUT2D eigenvalue weighted by molar-refractivity contribution is 0.410. The third kappa shape index (κ3) is 3.04. The molecule has 0 atom stereocenters. The fraction of sp³-hybridized carbons (Fsp3) is 0.412. The monoisotopic (exact) mass is 244 g/mol. The van der Waals surface area contributed by atoms with E-state index in [0.717, 1.165) is 18.6 Å². The van der Waals surface area contributed by atoms with Gasteiger partial charge < -0.3 is 4.74 Å². The molecular weight excluding hydrogens is 220 g/mol. The second kappa shape index (κ2) is 7.05. The molecule has 18 heavy (non-hydrogen) atoms. The van der Waals surface area contributed by atoms with E-state index in [-0.39, 0.29) is 0 Å². The zero-order chi connectivity index (χ0) is 13.5. The summed E-state index contributed by atoms with van der Waals surface area (Å²) in [5, 5.41) is 2.64. The molecular formula is C17H24O. The van der Waals surface area contributed by atoms with Crippen LogP contribution in [0.4, 0.5) is 0 Å². The van der Waals surface area contributed by atoms with Gasteiger partial charge in [-0.05, 0) is 30.2 Å². The van der Waals surface area contributed by atoms with E-state index in [1.165, 1.54) is 21.9 Å². The van der Waals surface area contributed by atoms with Crippen molar-refractivity contribution in [2.75, 3.05) is 7.11 Å². The van der Waals surface area contributed by atoms with E-state index in [1.807, 2.05) is 13.8 Å². The summed E-state index contributed by atoms with van der Waals surface area (Å²) < 4.78 is 5.44. The number of fused-ring (bicyclic) bond motifs is 1. The molecule has 0 radical (unpaired) electrons. The number of rotatable bonds is 3. The second-order valence-corrected chi connectivity index (χ2v) is 4.22. The zero-order valence-corrected chi connectivity index (χ0v) is 12.2. The van der Waals surface area contributed by atoms with Crippen LogP contribution in [0.15, 0.2) is 30.3 Å². The smallest absolute Gasteiger partial charge is 0.122 e. The van der Waals surface area contributed by atoms with Crippen molar-refractivity contribution in [2.45, 2.75) is 40.5 Å². The van der Waals surface area contributed by atoms with Gasteiger partial charge in [-0.15, -0.1) is 0 Å². The summed E-state index contributed by atoms with van der Waals surface area (Å²) in [6, 6.07) is 10.8. The Balaban J connectivity index is 0.000000771. The fourth-order valence-corrected chi connectivity index (χ4v) is 2.19. The summed E-state index contributed by atoms with van der Waals surface area (Å²) in [5.74, 6) is 1.01. The second-order valence-electron chi connectivity index (χ2n) is 4.22. The Kier molecular flexibility index (Phi) is 5.70. The van der Waals surface area contributed by atoms with Crippen LogP contribution in [-0.4, -0.2) is 7.11 Å². The Morgan fingerprint density at radius 1 is 1.06 bits per heavy atom. The molecule has 0 unspecified atom stereocenters. The minimum atomic E-state index is 1.01. The number of ether oxygens (including phenoxy) is 1. The predicted octanol–water partition coefficient (Wildman–Crippen LogP) is 5.14. The van der Waals surface area contributed by atoms with E-state index >= 15 is 0 Å². The molecule has 1 heteroatoms. The van der Waals surface area contributed by atoms with Crippen molar-refractivity contribution in [1.82, 2.24) is 0 Å². The minimum absolute atomic E-state index is 1.01. The SMILES string of the molecule is CC.CCCc1c(OC)ccc2cc(C)ccc12. The van der Waals surface area contributed by atoms with E-state index in [4.69, 9.17) is 4.74 Å². The Morgan fingerprint density at radius 2 is 1.78 bits per heavy atom. The molecule has 0 aromatic heterocycles. The Hall–Kier alpha value is -1.50. The molecule has 0 bridgehead atoms. The largest absolute Gasteiger partial charge is 0.496 e. The van der Waals surface area contributed by atoms with Crippen LogP contribution in [0.2, 0.25) is 0 Å². The highest BCUT2D eigenvalue weighted by Crippen LogP contribution is 2.29. The molecule has 0 fully saturated rings. The first-order chi connectivity index (χ1) is 8.76. The van der Waals surface area contributed by atoms with Crippen LogP contribution < -0.4 is 4.74 Å². The van der Waals surface area contributed by atoms with E-state index in [2.05, 4.69) is 44.2 Å². The van der Waals surface area contributed by atoms with Gasteiger partial charge >= 0.3 is 0 Å². The molecule has 0 aliphatic rings. The maximum Gasteiger partial charge on any atom is 0.122 e. The molecule has 1 nitrogen and oxygen atoms in total. The van der Waals surface area contributed by atoms with Gasteiger partial charge in [0.1, 0.15) is 5.75 Å². The Bertz CT molecular complexity index is 500. The van der Waals surface area contributed by atoms with Crippen LogP contribution in [0.25, 0.3) is 10.8 Å². The average Bonchev–Trinajstić information content (AvgIpc) is 2.41. The molecule has 0 saturated carbocycles. The van der Waals surface area contributed by atoms with Crippen molar-refractivity contribution in [3.63, 3.8) is 0 Å². The third-order valence-electron chi connectivity index (χ3n) is 2.96. The molecule has 2 rings (SSSR count). The van der Waals surface area contributed by atoms with Gasteiger partial charge in [0.2, 0.25) is 0 Å². The molecule has 2 aromatic carbocycles. The van der Waals surface area contributed by atoms with Gasteiger partial charge in [-0.2, -0.15) is 0 Å². The molecule has 0 aliphatic heterocycles. The number of aryl methyl sites for hydroxylation is 2. The van der Waals surface area contributed by atoms with E-state index in [0.29, 0.717) is 0 Å². The molecule has 0 saturated heterocycles. The zero-order valence-electron chi connectivity index (χ0n) is 12.2. The van der Waals surface area contributed by atoms with Crippen LogP contribution in [0, 0.1) is 6.92 Å². The lowest BCUT2D eigenvalue weighted by Crippen LogP contribution is -1.93. The van der Waals surface area contributed by atoms with Gasteiger partial charge in [0, 0.05) is 5.56 Å². The molecule has 0 amide bonds. The summed E-state index contributed by atoms with van der Waals surface area (Å²) >= 11 is 0. The maximum absolute atomic E-state index is 5.44. The summed E-state index contributed by atoms with van der Waals surface area (Å²) in [6.45, 7) is 8.33. The van der Waals surface area contributed by atoms with Gasteiger partial charge in [-0.1, -0.05) is 57.0 Å². The lowest BCUT2D eigenvalue weighted by atomic mass is 9.98. The van der Waals surface area contributed by atoms with Gasteiger partial charge in [0.05, 0.1) is 7.11 Å². The number of benzene rings is 2. The van der Waals surface area contributed by atoms with Crippen molar-refractivity contribution in [3.05, 3.63) is 41.5 Å². The number of hydrogen-bond acceptors (Lipinski definition) is 1. The van der Waals surface area contributed by atoms with Crippen LogP contribution in [0.1, 0.15) is 38.3 Å². The number of hydrogen-bond donors (Lipinski definition) is 0. The van der Waals surface area contributed by atoms with E-state index < -0.39 is 0 Å². The van der Waals surface area contributed by atoms with Gasteiger partial charge in [-0.25, -0.2) is 0 Å². The number of methoxy groups -OCH3 is 1. The first-order valence-electron chi connectivity index (χ1n) is 6.82. The predicted molar refractivity (Wildman–Crippen MR) is 80.6 cm³/mol. The third-order valence-corrected chi connectivity index (χ3v) is 2.96. The Morgan fingerprint density at radius 3 is 2.39 bits per heavy atom. The summed E-state index contributed by atoms with van der Waals surface area (Å²) in [6.07, 6.45) is 2.22. The van der Waals surface area contributed by atoms with Gasteiger partial charge in [0.25, 0.3) is 0 Å². The average molecular weight is 244 g/mol. The maximum atomic E-state index is 5.44. The highest BCUT2D eigenvalue weighted by atomic mass is 16.5. The van der Waals surface area contributed by atoms with Crippen molar-refractivity contribution in [1.29, 1.82) is 0 Å². The molecule has 0 heterocycles. The van der Waals surface area contributed by atoms with E-state index in [9.17, 15) is 0 Å². The molecule has 98 valence electrons.